The molecule has 2 fully saturated rings. The quantitative estimate of drug-likeness (QED) is 0.230. The van der Waals surface area contributed by atoms with Crippen LogP contribution in [0.5, 0.6) is 5.75 Å². The van der Waals surface area contributed by atoms with Crippen molar-refractivity contribution >= 4 is 37.5 Å². The van der Waals surface area contributed by atoms with Crippen LogP contribution in [0.25, 0.3) is 31.5 Å². The van der Waals surface area contributed by atoms with Crippen molar-refractivity contribution in [3.63, 3.8) is 0 Å². The van der Waals surface area contributed by atoms with Gasteiger partial charge in [-0.05, 0) is 65.9 Å². The van der Waals surface area contributed by atoms with Crippen LogP contribution in [0.2, 0.25) is 0 Å². The van der Waals surface area contributed by atoms with E-state index in [9.17, 15) is 0 Å². The Morgan fingerprint density at radius 2 is 1.85 bits per heavy atom. The van der Waals surface area contributed by atoms with Gasteiger partial charge in [0.15, 0.2) is 27.3 Å². The Bertz CT molecular complexity index is 1460. The third-order valence-electron chi connectivity index (χ3n) is 7.85. The molecule has 4 aromatic heterocycles. The van der Waals surface area contributed by atoms with Gasteiger partial charge < -0.3 is 24.4 Å². The van der Waals surface area contributed by atoms with E-state index in [1.165, 1.54) is 11.3 Å². The van der Waals surface area contributed by atoms with Crippen molar-refractivity contribution in [3.8, 4) is 27.6 Å². The number of H-pyrrole nitrogens is 1. The Morgan fingerprint density at radius 1 is 1.07 bits per heavy atom. The predicted molar refractivity (Wildman–Crippen MR) is 164 cm³/mol. The monoisotopic (exact) mass is 597 g/mol. The molecule has 1 unspecified atom stereocenters. The Morgan fingerprint density at radius 3 is 2.56 bits per heavy atom. The van der Waals surface area contributed by atoms with E-state index >= 15 is 0 Å². The number of methoxy groups -OCH3 is 1. The molecule has 0 aromatic carbocycles. The van der Waals surface area contributed by atoms with Crippen LogP contribution in [0, 0.1) is 0 Å². The van der Waals surface area contributed by atoms with E-state index in [4.69, 9.17) is 29.2 Å². The smallest absolute Gasteiger partial charge is 0.188 e. The van der Waals surface area contributed by atoms with Gasteiger partial charge in [0.25, 0.3) is 0 Å². The fraction of sp³-hybridized carbons (Fsp3) is 0.586. The first-order valence-electron chi connectivity index (χ1n) is 14.2. The van der Waals surface area contributed by atoms with Crippen molar-refractivity contribution in [2.75, 3.05) is 32.5 Å². The molecule has 6 rings (SSSR count). The molecule has 2 aliphatic heterocycles. The van der Waals surface area contributed by atoms with E-state index in [-0.39, 0.29) is 24.0 Å². The van der Waals surface area contributed by atoms with Crippen molar-refractivity contribution in [2.45, 2.75) is 83.0 Å². The lowest BCUT2D eigenvalue weighted by Gasteiger charge is -2.48. The van der Waals surface area contributed by atoms with Crippen LogP contribution in [-0.2, 0) is 9.47 Å². The van der Waals surface area contributed by atoms with E-state index in [1.54, 1.807) is 18.4 Å². The maximum Gasteiger partial charge on any atom is 0.188 e. The third kappa shape index (κ3) is 5.98. The number of piperidine rings is 1. The number of nitrogens with one attached hydrogen (secondary N) is 2. The van der Waals surface area contributed by atoms with Crippen LogP contribution in [0.15, 0.2) is 18.5 Å². The first-order valence-corrected chi connectivity index (χ1v) is 15.8. The van der Waals surface area contributed by atoms with E-state index in [0.717, 1.165) is 75.3 Å². The van der Waals surface area contributed by atoms with Gasteiger partial charge in [0.1, 0.15) is 10.7 Å². The molecule has 0 aliphatic carbocycles. The first kappa shape index (κ1) is 28.5. The molecule has 0 amide bonds. The maximum atomic E-state index is 6.02. The fourth-order valence-corrected chi connectivity index (χ4v) is 8.38. The van der Waals surface area contributed by atoms with E-state index < -0.39 is 0 Å². The fourth-order valence-electron chi connectivity index (χ4n) is 6.31. The number of thiazole rings is 2. The van der Waals surface area contributed by atoms with Crippen LogP contribution < -0.4 is 15.0 Å². The van der Waals surface area contributed by atoms with Gasteiger partial charge in [-0.3, -0.25) is 5.10 Å². The highest BCUT2D eigenvalue weighted by atomic mass is 32.1. The second-order valence-electron chi connectivity index (χ2n) is 12.4. The number of hydrogen-bond acceptors (Lipinski definition) is 11. The number of nitrogens with zero attached hydrogens (tertiary/aromatic N) is 5. The molecule has 2 N–H and O–H groups in total. The highest BCUT2D eigenvalue weighted by Gasteiger charge is 2.40. The number of hydrogen-bond donors (Lipinski definition) is 2. The van der Waals surface area contributed by atoms with Gasteiger partial charge >= 0.3 is 0 Å². The summed E-state index contributed by atoms with van der Waals surface area (Å²) in [4.78, 5) is 18.9. The summed E-state index contributed by atoms with van der Waals surface area (Å²) in [5, 5.41) is 13.0. The second-order valence-corrected chi connectivity index (χ2v) is 14.3. The minimum atomic E-state index is 0.00966. The van der Waals surface area contributed by atoms with Gasteiger partial charge in [0.2, 0.25) is 0 Å². The Hall–Kier alpha value is -2.64. The molecule has 0 radical (unpaired) electrons. The second kappa shape index (κ2) is 11.2. The van der Waals surface area contributed by atoms with E-state index in [1.807, 2.05) is 18.5 Å². The summed E-state index contributed by atoms with van der Waals surface area (Å²) in [6.07, 6.45) is 9.02. The molecular formula is C29H39N7O3S2. The number of rotatable bonds is 8. The zero-order valence-corrected chi connectivity index (χ0v) is 26.2. The maximum absolute atomic E-state index is 6.02. The number of anilines is 1. The zero-order valence-electron chi connectivity index (χ0n) is 24.6. The molecule has 6 heterocycles. The van der Waals surface area contributed by atoms with Crippen LogP contribution in [0.4, 0.5) is 5.13 Å². The summed E-state index contributed by atoms with van der Waals surface area (Å²) < 4.78 is 17.3. The summed E-state index contributed by atoms with van der Waals surface area (Å²) in [5.41, 5.74) is 3.67. The number of pyridine rings is 1. The summed E-state index contributed by atoms with van der Waals surface area (Å²) in [5.74, 6) is 0.610. The third-order valence-corrected chi connectivity index (χ3v) is 9.98. The van der Waals surface area contributed by atoms with Gasteiger partial charge in [-0.25, -0.2) is 15.0 Å². The standard InChI is InChI=1S/C29H39N7O3S2/c1-28(2)12-18(13-29(3,4)35-28)36(5)27-33-26-25(41-27)32-24(40-26)23-21(39-16-37-6)11-17(14-30-23)19-15-31-34-22(19)20-9-7-8-10-38-20/h11,14-15,18,20,35H,7-10,12-13,16H2,1-6H3,(H,31,34). The average Bonchev–Trinajstić information content (AvgIpc) is 3.65. The van der Waals surface area contributed by atoms with Gasteiger partial charge in [-0.15, -0.1) is 0 Å². The lowest BCUT2D eigenvalue weighted by molar-refractivity contribution is 0.0126. The van der Waals surface area contributed by atoms with E-state index in [2.05, 4.69) is 55.2 Å². The normalized spacial score (nSPS) is 20.9. The largest absolute Gasteiger partial charge is 0.465 e. The van der Waals surface area contributed by atoms with Crippen LogP contribution in [0.1, 0.15) is 71.6 Å². The number of ether oxygens (including phenoxy) is 3. The lowest BCUT2D eigenvalue weighted by atomic mass is 9.79. The minimum absolute atomic E-state index is 0.00966. The number of fused-ring (bicyclic) bond motifs is 1. The van der Waals surface area contributed by atoms with Gasteiger partial charge in [-0.2, -0.15) is 5.10 Å². The average molecular weight is 598 g/mol. The topological polar surface area (TPSA) is 110 Å². The summed E-state index contributed by atoms with van der Waals surface area (Å²) in [7, 11) is 3.77. The molecular weight excluding hydrogens is 558 g/mol. The molecule has 1 atom stereocenters. The first-order chi connectivity index (χ1) is 19.6. The number of aromatic amines is 1. The highest BCUT2D eigenvalue weighted by molar-refractivity contribution is 7.29. The Kier molecular flexibility index (Phi) is 7.79. The molecule has 10 nitrogen and oxygen atoms in total. The van der Waals surface area contributed by atoms with Crippen LogP contribution in [-0.4, -0.2) is 69.8 Å². The summed E-state index contributed by atoms with van der Waals surface area (Å²) in [6, 6.07) is 2.39. The van der Waals surface area contributed by atoms with E-state index in [0.29, 0.717) is 17.5 Å². The van der Waals surface area contributed by atoms with Crippen molar-refractivity contribution in [3.05, 3.63) is 24.2 Å². The molecule has 2 saturated heterocycles. The van der Waals surface area contributed by atoms with Gasteiger partial charge in [0.05, 0.1) is 18.0 Å². The molecule has 41 heavy (non-hydrogen) atoms. The van der Waals surface area contributed by atoms with Gasteiger partial charge in [0, 0.05) is 55.2 Å². The number of aromatic nitrogens is 5. The minimum Gasteiger partial charge on any atom is -0.465 e. The molecule has 12 heteroatoms. The molecule has 4 aromatic rings. The van der Waals surface area contributed by atoms with Crippen molar-refractivity contribution < 1.29 is 14.2 Å². The van der Waals surface area contributed by atoms with Crippen molar-refractivity contribution in [1.29, 1.82) is 0 Å². The SMILES string of the molecule is COCOc1cc(-c2cn[nH]c2C2CCCCO2)cnc1-c1nc2sc(N(C)C3CC(C)(C)NC(C)(C)C3)nc2s1. The highest BCUT2D eigenvalue weighted by Crippen LogP contribution is 2.42. The molecule has 220 valence electrons. The van der Waals surface area contributed by atoms with Crippen molar-refractivity contribution in [1.82, 2.24) is 30.5 Å². The Labute approximate surface area is 248 Å². The molecule has 0 saturated carbocycles. The van der Waals surface area contributed by atoms with Crippen LogP contribution in [0.3, 0.4) is 0 Å². The van der Waals surface area contributed by atoms with Crippen molar-refractivity contribution in [2.24, 2.45) is 0 Å². The summed E-state index contributed by atoms with van der Waals surface area (Å²) in [6.45, 7) is 9.99. The van der Waals surface area contributed by atoms with Gasteiger partial charge in [-0.1, -0.05) is 22.7 Å². The zero-order chi connectivity index (χ0) is 28.8. The summed E-state index contributed by atoms with van der Waals surface area (Å²) >= 11 is 3.17. The predicted octanol–water partition coefficient (Wildman–Crippen LogP) is 6.17. The molecule has 0 spiro atoms. The van der Waals surface area contributed by atoms with Crippen LogP contribution >= 0.6 is 22.7 Å². The molecule has 2 aliphatic rings. The lowest BCUT2D eigenvalue weighted by Crippen LogP contribution is -2.61. The Balaban J connectivity index is 1.28. The molecule has 0 bridgehead atoms.